The van der Waals surface area contributed by atoms with Gasteiger partial charge in [-0.2, -0.15) is 0 Å². The third-order valence-electron chi connectivity index (χ3n) is 10.3. The number of rotatable bonds is 8. The van der Waals surface area contributed by atoms with Crippen molar-refractivity contribution in [3.05, 3.63) is 175 Å². The summed E-state index contributed by atoms with van der Waals surface area (Å²) in [6, 6.07) is 54.7. The molecule has 0 aliphatic heterocycles. The standard InChI is InChI=1S/C53H45N9/c1-52(2,3)50-59-44(36-24-15-9-16-25-36)56-48(61-50)41-31-40(32-42(33-41)49-57-45(37-26-17-10-18-27-37)60-51(62-49)53(4,5)6)47-55-43(35-22-13-8-14-23-35)54-46(58-47)39-29-19-28-38(30-39)34-20-11-7-12-21-34/h7-33H,1-6H3. The molecule has 0 amide bonds. The van der Waals surface area contributed by atoms with E-state index in [1.165, 1.54) is 0 Å². The van der Waals surface area contributed by atoms with Crippen LogP contribution in [0.2, 0.25) is 0 Å². The van der Waals surface area contributed by atoms with Crippen molar-refractivity contribution < 1.29 is 0 Å². The zero-order valence-electron chi connectivity index (χ0n) is 35.6. The molecule has 0 saturated heterocycles. The predicted octanol–water partition coefficient (Wildman–Crippen LogP) is 12.2. The molecule has 0 aliphatic carbocycles. The predicted molar refractivity (Wildman–Crippen MR) is 247 cm³/mol. The van der Waals surface area contributed by atoms with Crippen LogP contribution < -0.4 is 0 Å². The van der Waals surface area contributed by atoms with Gasteiger partial charge in [0.25, 0.3) is 0 Å². The van der Waals surface area contributed by atoms with Gasteiger partial charge in [-0.3, -0.25) is 0 Å². The molecule has 0 saturated carbocycles. The minimum Gasteiger partial charge on any atom is -0.212 e. The normalized spacial score (nSPS) is 11.7. The molecule has 0 fully saturated rings. The molecule has 0 N–H and O–H groups in total. The lowest BCUT2D eigenvalue weighted by molar-refractivity contribution is 0.543. The average molecular weight is 808 g/mol. The fourth-order valence-electron chi connectivity index (χ4n) is 6.95. The van der Waals surface area contributed by atoms with Crippen molar-refractivity contribution in [2.24, 2.45) is 0 Å². The third kappa shape index (κ3) is 8.65. The van der Waals surface area contributed by atoms with Gasteiger partial charge in [-0.25, -0.2) is 44.9 Å². The second-order valence-corrected chi connectivity index (χ2v) is 17.3. The SMILES string of the molecule is CC(C)(C)c1nc(-c2ccccc2)nc(-c2cc(-c3nc(-c4ccccc4)nc(-c4cccc(-c5ccccc5)c4)n3)cc(-c3nc(-c4ccccc4)nc(C(C)(C)C)n3)c2)n1. The van der Waals surface area contributed by atoms with E-state index < -0.39 is 0 Å². The zero-order chi connectivity index (χ0) is 42.8. The first-order valence-corrected chi connectivity index (χ1v) is 20.7. The van der Waals surface area contributed by atoms with Gasteiger partial charge in [-0.1, -0.05) is 181 Å². The smallest absolute Gasteiger partial charge is 0.164 e. The van der Waals surface area contributed by atoms with E-state index in [1.807, 2.05) is 140 Å². The van der Waals surface area contributed by atoms with E-state index in [9.17, 15) is 0 Å². The van der Waals surface area contributed by atoms with E-state index in [4.69, 9.17) is 44.9 Å². The first-order valence-electron chi connectivity index (χ1n) is 20.7. The second kappa shape index (κ2) is 16.4. The van der Waals surface area contributed by atoms with Gasteiger partial charge < -0.3 is 0 Å². The Morgan fingerprint density at radius 3 is 0.823 bits per heavy atom. The maximum atomic E-state index is 5.22. The van der Waals surface area contributed by atoms with Gasteiger partial charge in [-0.15, -0.1) is 0 Å². The molecule has 0 aliphatic rings. The first-order chi connectivity index (χ1) is 29.9. The van der Waals surface area contributed by atoms with Gasteiger partial charge in [0, 0.05) is 49.8 Å². The Kier molecular flexibility index (Phi) is 10.5. The van der Waals surface area contributed by atoms with E-state index in [2.05, 4.69) is 65.8 Å². The van der Waals surface area contributed by atoms with Crippen LogP contribution in [0, 0.1) is 0 Å². The van der Waals surface area contributed by atoms with Crippen LogP contribution in [0.4, 0.5) is 0 Å². The van der Waals surface area contributed by atoms with E-state index in [0.717, 1.165) is 50.1 Å². The van der Waals surface area contributed by atoms with E-state index in [-0.39, 0.29) is 10.8 Å². The summed E-state index contributed by atoms with van der Waals surface area (Å²) in [5.41, 5.74) is 7.13. The molecular formula is C53H45N9. The fourth-order valence-corrected chi connectivity index (χ4v) is 6.95. The molecule has 62 heavy (non-hydrogen) atoms. The summed E-state index contributed by atoms with van der Waals surface area (Å²) >= 11 is 0. The van der Waals surface area contributed by atoms with Gasteiger partial charge in [0.15, 0.2) is 40.8 Å². The maximum Gasteiger partial charge on any atom is 0.164 e. The first kappa shape index (κ1) is 39.8. The molecule has 3 aromatic heterocycles. The molecule has 0 bridgehead atoms. The number of benzene rings is 6. The molecule has 0 spiro atoms. The van der Waals surface area contributed by atoms with E-state index in [1.54, 1.807) is 0 Å². The van der Waals surface area contributed by atoms with Crippen molar-refractivity contribution >= 4 is 0 Å². The summed E-state index contributed by atoms with van der Waals surface area (Å²) in [7, 11) is 0. The number of hydrogen-bond donors (Lipinski definition) is 0. The van der Waals surface area contributed by atoms with Gasteiger partial charge >= 0.3 is 0 Å². The zero-order valence-corrected chi connectivity index (χ0v) is 35.6. The molecule has 302 valence electrons. The third-order valence-corrected chi connectivity index (χ3v) is 10.3. The number of nitrogens with zero attached hydrogens (tertiary/aromatic N) is 9. The van der Waals surface area contributed by atoms with Crippen molar-refractivity contribution in [1.29, 1.82) is 0 Å². The largest absolute Gasteiger partial charge is 0.212 e. The molecule has 0 atom stereocenters. The summed E-state index contributed by atoms with van der Waals surface area (Å²) in [4.78, 5) is 45.9. The van der Waals surface area contributed by atoms with E-state index in [0.29, 0.717) is 52.4 Å². The van der Waals surface area contributed by atoms with Crippen LogP contribution in [0.3, 0.4) is 0 Å². The summed E-state index contributed by atoms with van der Waals surface area (Å²) in [6.45, 7) is 12.6. The molecule has 9 nitrogen and oxygen atoms in total. The Labute approximate surface area is 362 Å². The van der Waals surface area contributed by atoms with Gasteiger partial charge in [0.1, 0.15) is 11.6 Å². The monoisotopic (exact) mass is 807 g/mol. The van der Waals surface area contributed by atoms with Gasteiger partial charge in [0.2, 0.25) is 0 Å². The Bertz CT molecular complexity index is 2900. The van der Waals surface area contributed by atoms with Crippen LogP contribution in [-0.2, 0) is 10.8 Å². The molecule has 9 aromatic rings. The van der Waals surface area contributed by atoms with Crippen molar-refractivity contribution in [2.45, 2.75) is 52.4 Å². The van der Waals surface area contributed by atoms with E-state index >= 15 is 0 Å². The highest BCUT2D eigenvalue weighted by molar-refractivity contribution is 5.78. The lowest BCUT2D eigenvalue weighted by atomic mass is 9.95. The average Bonchev–Trinajstić information content (AvgIpc) is 3.31. The fraction of sp³-hybridized carbons (Fsp3) is 0.151. The van der Waals surface area contributed by atoms with Crippen LogP contribution >= 0.6 is 0 Å². The Hall–Kier alpha value is -7.65. The van der Waals surface area contributed by atoms with Crippen molar-refractivity contribution in [3.63, 3.8) is 0 Å². The lowest BCUT2D eigenvalue weighted by Crippen LogP contribution is -2.18. The second-order valence-electron chi connectivity index (χ2n) is 17.3. The Morgan fingerprint density at radius 2 is 0.468 bits per heavy atom. The van der Waals surface area contributed by atoms with Gasteiger partial charge in [0.05, 0.1) is 0 Å². The minimum atomic E-state index is -0.371. The summed E-state index contributed by atoms with van der Waals surface area (Å²) < 4.78 is 0. The number of aromatic nitrogens is 9. The highest BCUT2D eigenvalue weighted by Crippen LogP contribution is 2.35. The summed E-state index contributed by atoms with van der Waals surface area (Å²) in [5.74, 6) is 5.09. The maximum absolute atomic E-state index is 5.22. The van der Waals surface area contributed by atoms with Crippen LogP contribution in [-0.4, -0.2) is 44.9 Å². The lowest BCUT2D eigenvalue weighted by Gasteiger charge is -2.19. The Morgan fingerprint density at radius 1 is 0.226 bits per heavy atom. The molecule has 9 rings (SSSR count). The molecule has 0 radical (unpaired) electrons. The number of hydrogen-bond acceptors (Lipinski definition) is 9. The highest BCUT2D eigenvalue weighted by atomic mass is 15.1. The molecule has 0 unspecified atom stereocenters. The van der Waals surface area contributed by atoms with Crippen LogP contribution in [0.15, 0.2) is 164 Å². The summed E-state index contributed by atoms with van der Waals surface area (Å²) in [5, 5.41) is 0. The molecule has 9 heteroatoms. The van der Waals surface area contributed by atoms with Crippen molar-refractivity contribution in [2.75, 3.05) is 0 Å². The molecular weight excluding hydrogens is 763 g/mol. The Balaban J connectivity index is 1.31. The van der Waals surface area contributed by atoms with Crippen LogP contribution in [0.1, 0.15) is 53.2 Å². The van der Waals surface area contributed by atoms with Crippen molar-refractivity contribution in [1.82, 2.24) is 44.9 Å². The topological polar surface area (TPSA) is 116 Å². The molecule has 3 heterocycles. The van der Waals surface area contributed by atoms with Crippen LogP contribution in [0.5, 0.6) is 0 Å². The van der Waals surface area contributed by atoms with Gasteiger partial charge in [-0.05, 0) is 35.4 Å². The van der Waals surface area contributed by atoms with Crippen LogP contribution in [0.25, 0.3) is 90.8 Å². The minimum absolute atomic E-state index is 0.371. The van der Waals surface area contributed by atoms with Crippen molar-refractivity contribution in [3.8, 4) is 90.8 Å². The quantitative estimate of drug-likeness (QED) is 0.148. The summed E-state index contributed by atoms with van der Waals surface area (Å²) in [6.07, 6.45) is 0. The molecule has 6 aromatic carbocycles. The highest BCUT2D eigenvalue weighted by Gasteiger charge is 2.25.